The van der Waals surface area contributed by atoms with Crippen LogP contribution in [0.25, 0.3) is 0 Å². The molecule has 4 heteroatoms. The van der Waals surface area contributed by atoms with Crippen molar-refractivity contribution >= 4 is 18.3 Å². The maximum atomic E-state index is 12.1. The molecule has 3 nitrogen and oxygen atoms in total. The van der Waals surface area contributed by atoms with Gasteiger partial charge in [-0.25, -0.2) is 0 Å². The number of amides is 1. The fraction of sp³-hybridized carbons (Fsp3) is 0.923. The second-order valence-corrected chi connectivity index (χ2v) is 5.52. The Bertz CT molecular complexity index is 246. The zero-order chi connectivity index (χ0) is 11.5. The fourth-order valence-corrected chi connectivity index (χ4v) is 2.68. The van der Waals surface area contributed by atoms with Crippen molar-refractivity contribution in [1.29, 1.82) is 0 Å². The van der Waals surface area contributed by atoms with Crippen molar-refractivity contribution in [1.82, 2.24) is 10.2 Å². The van der Waals surface area contributed by atoms with Crippen LogP contribution < -0.4 is 5.32 Å². The Hall–Kier alpha value is -0.280. The number of nitrogens with zero attached hydrogens (tertiary/aromatic N) is 1. The molecule has 2 rings (SSSR count). The number of rotatable bonds is 5. The highest BCUT2D eigenvalue weighted by Crippen LogP contribution is 2.29. The second-order valence-electron chi connectivity index (χ2n) is 5.52. The third-order valence-electron chi connectivity index (χ3n) is 3.71. The molecule has 1 unspecified atom stereocenters. The topological polar surface area (TPSA) is 32.3 Å². The van der Waals surface area contributed by atoms with Crippen molar-refractivity contribution in [3.05, 3.63) is 0 Å². The Kier molecular flexibility index (Phi) is 5.74. The molecule has 0 spiro atoms. The molecule has 0 bridgehead atoms. The highest BCUT2D eigenvalue weighted by atomic mass is 35.5. The minimum atomic E-state index is 0. The van der Waals surface area contributed by atoms with E-state index in [2.05, 4.69) is 24.1 Å². The zero-order valence-corrected chi connectivity index (χ0v) is 11.8. The Morgan fingerprint density at radius 1 is 1.35 bits per heavy atom. The first-order valence-electron chi connectivity index (χ1n) is 6.70. The number of hydrogen-bond acceptors (Lipinski definition) is 2. The SMILES string of the molecule is CC(C)N(C(=O)CCC1CCNC1)C1CC1.Cl. The monoisotopic (exact) mass is 260 g/mol. The van der Waals surface area contributed by atoms with Gasteiger partial charge in [-0.05, 0) is 58.5 Å². The summed E-state index contributed by atoms with van der Waals surface area (Å²) in [5, 5.41) is 3.36. The van der Waals surface area contributed by atoms with Crippen LogP contribution in [-0.4, -0.2) is 36.0 Å². The number of hydrogen-bond donors (Lipinski definition) is 1. The van der Waals surface area contributed by atoms with Gasteiger partial charge >= 0.3 is 0 Å². The van der Waals surface area contributed by atoms with Crippen LogP contribution in [0.5, 0.6) is 0 Å². The molecule has 1 saturated heterocycles. The Morgan fingerprint density at radius 3 is 2.53 bits per heavy atom. The molecule has 1 aliphatic carbocycles. The molecule has 0 aromatic carbocycles. The molecule has 1 saturated carbocycles. The van der Waals surface area contributed by atoms with Gasteiger partial charge in [-0.15, -0.1) is 12.4 Å². The lowest BCUT2D eigenvalue weighted by Gasteiger charge is -2.27. The Balaban J connectivity index is 0.00000144. The average molecular weight is 261 g/mol. The molecule has 2 aliphatic rings. The summed E-state index contributed by atoms with van der Waals surface area (Å²) in [6, 6.07) is 0.941. The molecule has 17 heavy (non-hydrogen) atoms. The highest BCUT2D eigenvalue weighted by molar-refractivity contribution is 5.85. The smallest absolute Gasteiger partial charge is 0.223 e. The van der Waals surface area contributed by atoms with Crippen molar-refractivity contribution in [3.63, 3.8) is 0 Å². The van der Waals surface area contributed by atoms with Gasteiger partial charge in [0, 0.05) is 18.5 Å². The highest BCUT2D eigenvalue weighted by Gasteiger charge is 2.34. The lowest BCUT2D eigenvalue weighted by Crippen LogP contribution is -2.38. The first-order valence-corrected chi connectivity index (χ1v) is 6.70. The van der Waals surface area contributed by atoms with E-state index in [9.17, 15) is 4.79 Å². The van der Waals surface area contributed by atoms with Crippen LogP contribution in [-0.2, 0) is 4.79 Å². The summed E-state index contributed by atoms with van der Waals surface area (Å²) in [5.74, 6) is 1.11. The molecule has 0 aromatic rings. The third kappa shape index (κ3) is 4.14. The molecule has 1 atom stereocenters. The molecular formula is C13H25ClN2O. The normalized spacial score (nSPS) is 23.6. The van der Waals surface area contributed by atoms with Gasteiger partial charge in [-0.3, -0.25) is 4.79 Å². The van der Waals surface area contributed by atoms with E-state index in [4.69, 9.17) is 0 Å². The van der Waals surface area contributed by atoms with E-state index in [0.717, 1.165) is 31.8 Å². The van der Waals surface area contributed by atoms with Crippen molar-refractivity contribution in [3.8, 4) is 0 Å². The summed E-state index contributed by atoms with van der Waals surface area (Å²) in [4.78, 5) is 14.2. The molecule has 1 heterocycles. The summed E-state index contributed by atoms with van der Waals surface area (Å²) in [6.07, 6.45) is 5.50. The van der Waals surface area contributed by atoms with Crippen LogP contribution in [0, 0.1) is 5.92 Å². The van der Waals surface area contributed by atoms with Crippen LogP contribution in [0.15, 0.2) is 0 Å². The van der Waals surface area contributed by atoms with Crippen LogP contribution >= 0.6 is 12.4 Å². The van der Waals surface area contributed by atoms with E-state index in [1.165, 1.54) is 19.3 Å². The molecular weight excluding hydrogens is 236 g/mol. The van der Waals surface area contributed by atoms with Gasteiger partial charge in [-0.2, -0.15) is 0 Å². The van der Waals surface area contributed by atoms with E-state index >= 15 is 0 Å². The Morgan fingerprint density at radius 2 is 2.06 bits per heavy atom. The summed E-state index contributed by atoms with van der Waals surface area (Å²) >= 11 is 0. The number of carbonyl (C=O) groups is 1. The predicted molar refractivity (Wildman–Crippen MR) is 72.5 cm³/mol. The van der Waals surface area contributed by atoms with Gasteiger partial charge in [0.1, 0.15) is 0 Å². The number of carbonyl (C=O) groups excluding carboxylic acids is 1. The lowest BCUT2D eigenvalue weighted by molar-refractivity contribution is -0.133. The minimum Gasteiger partial charge on any atom is -0.337 e. The summed E-state index contributed by atoms with van der Waals surface area (Å²) in [5.41, 5.74) is 0. The predicted octanol–water partition coefficient (Wildman–Crippen LogP) is 2.20. The maximum Gasteiger partial charge on any atom is 0.223 e. The first-order chi connectivity index (χ1) is 7.68. The van der Waals surface area contributed by atoms with Gasteiger partial charge in [0.25, 0.3) is 0 Å². The molecule has 0 radical (unpaired) electrons. The van der Waals surface area contributed by atoms with Crippen molar-refractivity contribution in [2.45, 2.75) is 58.0 Å². The standard InChI is InChI=1S/C13H24N2O.ClH/c1-10(2)15(12-4-5-12)13(16)6-3-11-7-8-14-9-11;/h10-12,14H,3-9H2,1-2H3;1H. The molecule has 1 amide bonds. The second kappa shape index (κ2) is 6.60. The summed E-state index contributed by atoms with van der Waals surface area (Å²) < 4.78 is 0. The van der Waals surface area contributed by atoms with E-state index in [1.54, 1.807) is 0 Å². The summed E-state index contributed by atoms with van der Waals surface area (Å²) in [6.45, 7) is 6.51. The lowest BCUT2D eigenvalue weighted by atomic mass is 10.0. The summed E-state index contributed by atoms with van der Waals surface area (Å²) in [7, 11) is 0. The quantitative estimate of drug-likeness (QED) is 0.822. The van der Waals surface area contributed by atoms with Crippen molar-refractivity contribution in [2.75, 3.05) is 13.1 Å². The zero-order valence-electron chi connectivity index (χ0n) is 10.9. The van der Waals surface area contributed by atoms with Crippen molar-refractivity contribution in [2.24, 2.45) is 5.92 Å². The van der Waals surface area contributed by atoms with Gasteiger partial charge in [0.05, 0.1) is 0 Å². The molecule has 1 aliphatic heterocycles. The molecule has 2 fully saturated rings. The maximum absolute atomic E-state index is 12.1. The van der Waals surface area contributed by atoms with Crippen LogP contribution in [0.3, 0.4) is 0 Å². The number of halogens is 1. The van der Waals surface area contributed by atoms with Gasteiger partial charge < -0.3 is 10.2 Å². The van der Waals surface area contributed by atoms with Crippen LogP contribution in [0.1, 0.15) is 46.0 Å². The van der Waals surface area contributed by atoms with E-state index in [1.807, 2.05) is 0 Å². The van der Waals surface area contributed by atoms with Crippen LogP contribution in [0.2, 0.25) is 0 Å². The molecule has 100 valence electrons. The number of nitrogens with one attached hydrogen (secondary N) is 1. The fourth-order valence-electron chi connectivity index (χ4n) is 2.68. The van der Waals surface area contributed by atoms with Gasteiger partial charge in [0.2, 0.25) is 5.91 Å². The molecule has 1 N–H and O–H groups in total. The van der Waals surface area contributed by atoms with Crippen molar-refractivity contribution < 1.29 is 4.79 Å². The van der Waals surface area contributed by atoms with Gasteiger partial charge in [0.15, 0.2) is 0 Å². The van der Waals surface area contributed by atoms with Gasteiger partial charge in [-0.1, -0.05) is 0 Å². The average Bonchev–Trinajstić information content (AvgIpc) is 2.92. The van der Waals surface area contributed by atoms with E-state index in [-0.39, 0.29) is 12.4 Å². The largest absolute Gasteiger partial charge is 0.337 e. The third-order valence-corrected chi connectivity index (χ3v) is 3.71. The molecule has 0 aromatic heterocycles. The van der Waals surface area contributed by atoms with E-state index < -0.39 is 0 Å². The first kappa shape index (κ1) is 14.8. The Labute approximate surface area is 111 Å². The van der Waals surface area contributed by atoms with Crippen LogP contribution in [0.4, 0.5) is 0 Å². The van der Waals surface area contributed by atoms with E-state index in [0.29, 0.717) is 18.0 Å². The minimum absolute atomic E-state index is 0.